The van der Waals surface area contributed by atoms with Gasteiger partial charge in [0, 0.05) is 12.1 Å². The molecule has 6 heteroatoms. The second kappa shape index (κ2) is 5.59. The summed E-state index contributed by atoms with van der Waals surface area (Å²) in [6.07, 6.45) is 1.79. The van der Waals surface area contributed by atoms with Gasteiger partial charge in [-0.15, -0.1) is 0 Å². The minimum atomic E-state index is -0.460. The molecule has 0 aliphatic carbocycles. The first-order valence-electron chi connectivity index (χ1n) is 5.80. The number of esters is 1. The molecule has 0 amide bonds. The fraction of sp³-hybridized carbons (Fsp3) is 0.417. The maximum atomic E-state index is 11.6. The first-order chi connectivity index (χ1) is 8.66. The zero-order valence-electron chi connectivity index (χ0n) is 9.80. The predicted molar refractivity (Wildman–Crippen MR) is 63.9 cm³/mol. The lowest BCUT2D eigenvalue weighted by molar-refractivity contribution is -0.384. The number of non-ortho nitro benzene ring substituents is 1. The van der Waals surface area contributed by atoms with Crippen LogP contribution < -0.4 is 5.32 Å². The lowest BCUT2D eigenvalue weighted by Gasteiger charge is -2.10. The molecular weight excluding hydrogens is 236 g/mol. The van der Waals surface area contributed by atoms with Crippen LogP contribution in [-0.2, 0) is 16.1 Å². The molecule has 0 saturated carbocycles. The van der Waals surface area contributed by atoms with E-state index >= 15 is 0 Å². The molecule has 0 bridgehead atoms. The highest BCUT2D eigenvalue weighted by Crippen LogP contribution is 2.13. The molecule has 1 aliphatic heterocycles. The highest BCUT2D eigenvalue weighted by atomic mass is 16.6. The summed E-state index contributed by atoms with van der Waals surface area (Å²) >= 11 is 0. The summed E-state index contributed by atoms with van der Waals surface area (Å²) in [7, 11) is 0. The molecule has 0 spiro atoms. The van der Waals surface area contributed by atoms with Gasteiger partial charge in [0.1, 0.15) is 12.6 Å². The Bertz CT molecular complexity index is 438. The van der Waals surface area contributed by atoms with Crippen molar-refractivity contribution in [2.75, 3.05) is 6.54 Å². The minimum Gasteiger partial charge on any atom is -0.460 e. The third-order valence-corrected chi connectivity index (χ3v) is 2.87. The zero-order chi connectivity index (χ0) is 13.0. The molecule has 1 unspecified atom stereocenters. The monoisotopic (exact) mass is 250 g/mol. The summed E-state index contributed by atoms with van der Waals surface area (Å²) in [4.78, 5) is 21.6. The third-order valence-electron chi connectivity index (χ3n) is 2.87. The van der Waals surface area contributed by atoms with Crippen LogP contribution in [0.4, 0.5) is 5.69 Å². The van der Waals surface area contributed by atoms with E-state index < -0.39 is 4.92 Å². The van der Waals surface area contributed by atoms with Gasteiger partial charge in [-0.2, -0.15) is 0 Å². The fourth-order valence-corrected chi connectivity index (χ4v) is 1.85. The number of hydrogen-bond donors (Lipinski definition) is 1. The van der Waals surface area contributed by atoms with Crippen LogP contribution in [0, 0.1) is 10.1 Å². The van der Waals surface area contributed by atoms with Crippen LogP contribution in [0.3, 0.4) is 0 Å². The van der Waals surface area contributed by atoms with Crippen molar-refractivity contribution in [2.24, 2.45) is 0 Å². The van der Waals surface area contributed by atoms with Gasteiger partial charge in [-0.3, -0.25) is 14.9 Å². The third kappa shape index (κ3) is 3.04. The maximum Gasteiger partial charge on any atom is 0.323 e. The van der Waals surface area contributed by atoms with Crippen molar-refractivity contribution in [3.8, 4) is 0 Å². The van der Waals surface area contributed by atoms with Crippen LogP contribution in [-0.4, -0.2) is 23.5 Å². The first-order valence-corrected chi connectivity index (χ1v) is 5.80. The van der Waals surface area contributed by atoms with Gasteiger partial charge in [0.2, 0.25) is 0 Å². The van der Waals surface area contributed by atoms with Crippen molar-refractivity contribution in [1.82, 2.24) is 5.32 Å². The van der Waals surface area contributed by atoms with Crippen molar-refractivity contribution < 1.29 is 14.5 Å². The molecule has 1 heterocycles. The highest BCUT2D eigenvalue weighted by Gasteiger charge is 2.23. The van der Waals surface area contributed by atoms with E-state index in [0.717, 1.165) is 24.9 Å². The molecule has 1 aliphatic rings. The Balaban J connectivity index is 1.86. The molecule has 6 nitrogen and oxygen atoms in total. The van der Waals surface area contributed by atoms with Gasteiger partial charge in [0.15, 0.2) is 0 Å². The summed E-state index contributed by atoms with van der Waals surface area (Å²) in [6, 6.07) is 5.78. The summed E-state index contributed by atoms with van der Waals surface area (Å²) in [5, 5.41) is 13.5. The molecule has 1 saturated heterocycles. The molecule has 18 heavy (non-hydrogen) atoms. The average molecular weight is 250 g/mol. The van der Waals surface area contributed by atoms with Gasteiger partial charge in [0.05, 0.1) is 4.92 Å². The number of carbonyl (C=O) groups is 1. The van der Waals surface area contributed by atoms with Crippen LogP contribution in [0.5, 0.6) is 0 Å². The summed E-state index contributed by atoms with van der Waals surface area (Å²) in [5.41, 5.74) is 0.773. The van der Waals surface area contributed by atoms with E-state index in [4.69, 9.17) is 4.74 Å². The van der Waals surface area contributed by atoms with Gasteiger partial charge in [-0.25, -0.2) is 0 Å². The molecule has 96 valence electrons. The Hall–Kier alpha value is -1.95. The fourth-order valence-electron chi connectivity index (χ4n) is 1.85. The SMILES string of the molecule is O=C(OCc1ccc([N+](=O)[O-])cc1)C1CCCN1. The van der Waals surface area contributed by atoms with Crippen molar-refractivity contribution in [1.29, 1.82) is 0 Å². The quantitative estimate of drug-likeness (QED) is 0.496. The Labute approximate surface area is 104 Å². The van der Waals surface area contributed by atoms with E-state index in [1.807, 2.05) is 0 Å². The predicted octanol–water partition coefficient (Wildman–Crippen LogP) is 1.39. The molecule has 1 N–H and O–H groups in total. The van der Waals surface area contributed by atoms with Crippen molar-refractivity contribution in [2.45, 2.75) is 25.5 Å². The normalized spacial score (nSPS) is 18.6. The number of nitrogens with zero attached hydrogens (tertiary/aromatic N) is 1. The first kappa shape index (κ1) is 12.5. The summed E-state index contributed by atoms with van der Waals surface area (Å²) in [6.45, 7) is 0.992. The van der Waals surface area contributed by atoms with Crippen LogP contribution in [0.2, 0.25) is 0 Å². The largest absolute Gasteiger partial charge is 0.460 e. The van der Waals surface area contributed by atoms with E-state index in [0.29, 0.717) is 0 Å². The van der Waals surface area contributed by atoms with E-state index in [1.54, 1.807) is 12.1 Å². The highest BCUT2D eigenvalue weighted by molar-refractivity contribution is 5.76. The van der Waals surface area contributed by atoms with Gasteiger partial charge in [-0.05, 0) is 37.1 Å². The van der Waals surface area contributed by atoms with Gasteiger partial charge < -0.3 is 10.1 Å². The van der Waals surface area contributed by atoms with Crippen molar-refractivity contribution in [3.63, 3.8) is 0 Å². The lowest BCUT2D eigenvalue weighted by atomic mass is 10.2. The van der Waals surface area contributed by atoms with E-state index in [1.165, 1.54) is 12.1 Å². The number of nitrogens with one attached hydrogen (secondary N) is 1. The lowest BCUT2D eigenvalue weighted by Crippen LogP contribution is -2.32. The van der Waals surface area contributed by atoms with Gasteiger partial charge in [-0.1, -0.05) is 0 Å². The molecule has 2 rings (SSSR count). The second-order valence-electron chi connectivity index (χ2n) is 4.18. The smallest absolute Gasteiger partial charge is 0.323 e. The van der Waals surface area contributed by atoms with E-state index in [9.17, 15) is 14.9 Å². The number of hydrogen-bond acceptors (Lipinski definition) is 5. The number of ether oxygens (including phenoxy) is 1. The van der Waals surface area contributed by atoms with Crippen molar-refractivity contribution >= 4 is 11.7 Å². The number of carbonyl (C=O) groups excluding carboxylic acids is 1. The number of rotatable bonds is 4. The van der Waals surface area contributed by atoms with E-state index in [-0.39, 0.29) is 24.3 Å². The summed E-state index contributed by atoms with van der Waals surface area (Å²) < 4.78 is 5.14. The van der Waals surface area contributed by atoms with Crippen LogP contribution in [0.1, 0.15) is 18.4 Å². The summed E-state index contributed by atoms with van der Waals surface area (Å²) in [5.74, 6) is -0.258. The maximum absolute atomic E-state index is 11.6. The molecule has 0 aromatic heterocycles. The molecule has 0 radical (unpaired) electrons. The molecule has 1 aromatic rings. The average Bonchev–Trinajstić information content (AvgIpc) is 2.90. The Morgan fingerprint density at radius 1 is 1.44 bits per heavy atom. The molecular formula is C12H14N2O4. The Morgan fingerprint density at radius 2 is 2.17 bits per heavy atom. The Kier molecular flexibility index (Phi) is 3.88. The van der Waals surface area contributed by atoms with Crippen LogP contribution in [0.15, 0.2) is 24.3 Å². The number of nitro groups is 1. The number of nitro benzene ring substituents is 1. The van der Waals surface area contributed by atoms with Gasteiger partial charge in [0.25, 0.3) is 5.69 Å². The zero-order valence-corrected chi connectivity index (χ0v) is 9.80. The second-order valence-corrected chi connectivity index (χ2v) is 4.18. The standard InChI is InChI=1S/C12H14N2O4/c15-12(11-2-1-7-13-11)18-8-9-3-5-10(6-4-9)14(16)17/h3-6,11,13H,1-2,7-8H2. The van der Waals surface area contributed by atoms with Gasteiger partial charge >= 0.3 is 5.97 Å². The minimum absolute atomic E-state index is 0.0301. The number of benzene rings is 1. The van der Waals surface area contributed by atoms with Crippen LogP contribution >= 0.6 is 0 Å². The van der Waals surface area contributed by atoms with Crippen molar-refractivity contribution in [3.05, 3.63) is 39.9 Å². The topological polar surface area (TPSA) is 81.5 Å². The molecule has 1 atom stereocenters. The molecule has 1 aromatic carbocycles. The Morgan fingerprint density at radius 3 is 2.72 bits per heavy atom. The van der Waals surface area contributed by atoms with Crippen LogP contribution in [0.25, 0.3) is 0 Å². The molecule has 1 fully saturated rings. The van der Waals surface area contributed by atoms with E-state index in [2.05, 4.69) is 5.32 Å².